The molecule has 2 aromatic heterocycles. The Morgan fingerprint density at radius 1 is 1.14 bits per heavy atom. The Bertz CT molecular complexity index is 780. The van der Waals surface area contributed by atoms with Crippen LogP contribution in [0.15, 0.2) is 10.9 Å². The summed E-state index contributed by atoms with van der Waals surface area (Å²) in [6.07, 6.45) is 0. The van der Waals surface area contributed by atoms with Crippen LogP contribution in [0.2, 0.25) is 0 Å². The van der Waals surface area contributed by atoms with Gasteiger partial charge >= 0.3 is 0 Å². The Kier molecular flexibility index (Phi) is 4.18. The normalized spacial score (nSPS) is 11.6. The van der Waals surface area contributed by atoms with Crippen molar-refractivity contribution in [3.05, 3.63) is 32.4 Å². The first-order chi connectivity index (χ1) is 9.75. The van der Waals surface area contributed by atoms with Crippen molar-refractivity contribution in [3.8, 4) is 11.4 Å². The van der Waals surface area contributed by atoms with Crippen molar-refractivity contribution >= 4 is 12.2 Å². The third-order valence-corrected chi connectivity index (χ3v) is 3.88. The fourth-order valence-corrected chi connectivity index (χ4v) is 3.12. The van der Waals surface area contributed by atoms with Gasteiger partial charge in [-0.3, -0.25) is 14.5 Å². The van der Waals surface area contributed by atoms with Crippen molar-refractivity contribution in [1.82, 2.24) is 19.3 Å². The van der Waals surface area contributed by atoms with Gasteiger partial charge in [-0.15, -0.1) is 0 Å². The molecule has 0 aliphatic rings. The van der Waals surface area contributed by atoms with Crippen molar-refractivity contribution < 1.29 is 0 Å². The standard InChI is InChI=1S/C15H22N4OS/c1-8(2)18-11(6)7-10(5)12(14(18)20)13-16-17-15(21)19(13)9(3)4/h7-9H,1-6H3,(H,17,21). The van der Waals surface area contributed by atoms with Gasteiger partial charge in [0.25, 0.3) is 5.56 Å². The first-order valence-corrected chi connectivity index (χ1v) is 7.56. The van der Waals surface area contributed by atoms with Crippen molar-refractivity contribution in [2.24, 2.45) is 0 Å². The summed E-state index contributed by atoms with van der Waals surface area (Å²) in [5.41, 5.74) is 2.49. The molecule has 2 rings (SSSR count). The van der Waals surface area contributed by atoms with Crippen molar-refractivity contribution in [2.45, 2.75) is 53.6 Å². The molecule has 0 saturated heterocycles. The molecular weight excluding hydrogens is 284 g/mol. The van der Waals surface area contributed by atoms with E-state index in [9.17, 15) is 4.79 Å². The molecule has 2 heterocycles. The zero-order valence-corrected chi connectivity index (χ0v) is 14.2. The maximum absolute atomic E-state index is 12.9. The second kappa shape index (κ2) is 5.60. The van der Waals surface area contributed by atoms with E-state index >= 15 is 0 Å². The predicted molar refractivity (Wildman–Crippen MR) is 87.4 cm³/mol. The van der Waals surface area contributed by atoms with Gasteiger partial charge < -0.3 is 4.57 Å². The van der Waals surface area contributed by atoms with Crippen LogP contribution in [0.5, 0.6) is 0 Å². The zero-order chi connectivity index (χ0) is 15.9. The summed E-state index contributed by atoms with van der Waals surface area (Å²) in [7, 11) is 0. The van der Waals surface area contributed by atoms with E-state index in [1.165, 1.54) is 0 Å². The number of aromatic nitrogens is 4. The summed E-state index contributed by atoms with van der Waals surface area (Å²) in [4.78, 5) is 12.9. The topological polar surface area (TPSA) is 55.6 Å². The first kappa shape index (κ1) is 15.7. The average Bonchev–Trinajstić information content (AvgIpc) is 2.69. The zero-order valence-electron chi connectivity index (χ0n) is 13.4. The SMILES string of the molecule is Cc1cc(C)n(C(C)C)c(=O)c1-c1n[nH]c(=S)n1C(C)C. The van der Waals surface area contributed by atoms with E-state index in [1.54, 1.807) is 4.57 Å². The van der Waals surface area contributed by atoms with Crippen LogP contribution in [0, 0.1) is 18.6 Å². The molecule has 0 aliphatic carbocycles. The van der Waals surface area contributed by atoms with Crippen molar-refractivity contribution in [3.63, 3.8) is 0 Å². The second-order valence-electron chi connectivity index (χ2n) is 5.93. The lowest BCUT2D eigenvalue weighted by molar-refractivity contribution is 0.559. The van der Waals surface area contributed by atoms with Gasteiger partial charge in [-0.25, -0.2) is 0 Å². The molecule has 21 heavy (non-hydrogen) atoms. The lowest BCUT2D eigenvalue weighted by Gasteiger charge is -2.18. The molecule has 0 saturated carbocycles. The van der Waals surface area contributed by atoms with Gasteiger partial charge in [0, 0.05) is 17.8 Å². The molecule has 0 aliphatic heterocycles. The number of H-pyrrole nitrogens is 1. The van der Waals surface area contributed by atoms with Crippen LogP contribution in [0.3, 0.4) is 0 Å². The Labute approximate surface area is 129 Å². The lowest BCUT2D eigenvalue weighted by Crippen LogP contribution is -2.27. The highest BCUT2D eigenvalue weighted by molar-refractivity contribution is 7.71. The van der Waals surface area contributed by atoms with E-state index in [4.69, 9.17) is 12.2 Å². The quantitative estimate of drug-likeness (QED) is 0.882. The Morgan fingerprint density at radius 2 is 1.71 bits per heavy atom. The van der Waals surface area contributed by atoms with Crippen LogP contribution in [-0.2, 0) is 0 Å². The Morgan fingerprint density at radius 3 is 2.24 bits per heavy atom. The molecule has 114 valence electrons. The van der Waals surface area contributed by atoms with Gasteiger partial charge in [-0.05, 0) is 65.4 Å². The predicted octanol–water partition coefficient (Wildman–Crippen LogP) is 3.55. The molecule has 6 heteroatoms. The smallest absolute Gasteiger partial charge is 0.262 e. The highest BCUT2D eigenvalue weighted by Crippen LogP contribution is 2.23. The highest BCUT2D eigenvalue weighted by Gasteiger charge is 2.20. The summed E-state index contributed by atoms with van der Waals surface area (Å²) in [5, 5.41) is 7.09. The number of aryl methyl sites for hydroxylation is 2. The summed E-state index contributed by atoms with van der Waals surface area (Å²) in [6, 6.07) is 2.27. The fraction of sp³-hybridized carbons (Fsp3) is 0.533. The Balaban J connectivity index is 2.86. The van der Waals surface area contributed by atoms with Crippen LogP contribution < -0.4 is 5.56 Å². The third-order valence-electron chi connectivity index (χ3n) is 3.59. The van der Waals surface area contributed by atoms with Crippen LogP contribution in [0.25, 0.3) is 11.4 Å². The minimum absolute atomic E-state index is 0.0154. The molecule has 0 fully saturated rings. The van der Waals surface area contributed by atoms with Gasteiger partial charge in [-0.2, -0.15) is 5.10 Å². The molecular formula is C15H22N4OS. The van der Waals surface area contributed by atoms with Gasteiger partial charge in [0.15, 0.2) is 10.6 Å². The van der Waals surface area contributed by atoms with E-state index in [0.717, 1.165) is 11.3 Å². The number of nitrogens with one attached hydrogen (secondary N) is 1. The monoisotopic (exact) mass is 306 g/mol. The van der Waals surface area contributed by atoms with Crippen molar-refractivity contribution in [2.75, 3.05) is 0 Å². The Hall–Kier alpha value is -1.69. The summed E-state index contributed by atoms with van der Waals surface area (Å²) in [6.45, 7) is 12.0. The maximum atomic E-state index is 12.9. The van der Waals surface area contributed by atoms with E-state index in [-0.39, 0.29) is 17.6 Å². The van der Waals surface area contributed by atoms with Crippen molar-refractivity contribution in [1.29, 1.82) is 0 Å². The maximum Gasteiger partial charge on any atom is 0.262 e. The minimum atomic E-state index is -0.0154. The molecule has 0 bridgehead atoms. The number of pyridine rings is 1. The summed E-state index contributed by atoms with van der Waals surface area (Å²) < 4.78 is 4.22. The molecule has 2 aromatic rings. The van der Waals surface area contributed by atoms with E-state index in [1.807, 2.05) is 52.2 Å². The molecule has 0 aromatic carbocycles. The van der Waals surface area contributed by atoms with E-state index < -0.39 is 0 Å². The van der Waals surface area contributed by atoms with Crippen LogP contribution in [0.1, 0.15) is 51.0 Å². The van der Waals surface area contributed by atoms with Crippen LogP contribution in [0.4, 0.5) is 0 Å². The number of hydrogen-bond donors (Lipinski definition) is 1. The lowest BCUT2D eigenvalue weighted by atomic mass is 10.1. The largest absolute Gasteiger partial charge is 0.310 e. The third kappa shape index (κ3) is 2.60. The molecule has 0 radical (unpaired) electrons. The van der Waals surface area contributed by atoms with Gasteiger partial charge in [0.05, 0.1) is 5.56 Å². The molecule has 0 spiro atoms. The summed E-state index contributed by atoms with van der Waals surface area (Å²) >= 11 is 5.28. The number of rotatable bonds is 3. The van der Waals surface area contributed by atoms with E-state index in [0.29, 0.717) is 16.2 Å². The highest BCUT2D eigenvalue weighted by atomic mass is 32.1. The van der Waals surface area contributed by atoms with Gasteiger partial charge in [0.2, 0.25) is 0 Å². The molecule has 5 nitrogen and oxygen atoms in total. The fourth-order valence-electron chi connectivity index (χ4n) is 2.78. The average molecular weight is 306 g/mol. The second-order valence-corrected chi connectivity index (χ2v) is 6.32. The van der Waals surface area contributed by atoms with Gasteiger partial charge in [-0.1, -0.05) is 0 Å². The molecule has 1 N–H and O–H groups in total. The van der Waals surface area contributed by atoms with Crippen LogP contribution in [-0.4, -0.2) is 19.3 Å². The minimum Gasteiger partial charge on any atom is -0.310 e. The molecule has 0 unspecified atom stereocenters. The first-order valence-electron chi connectivity index (χ1n) is 7.15. The number of nitrogens with zero attached hydrogens (tertiary/aromatic N) is 3. The summed E-state index contributed by atoms with van der Waals surface area (Å²) in [5.74, 6) is 0.618. The number of hydrogen-bond acceptors (Lipinski definition) is 3. The molecule has 0 amide bonds. The number of aromatic amines is 1. The molecule has 0 atom stereocenters. The van der Waals surface area contributed by atoms with E-state index in [2.05, 4.69) is 10.2 Å². The van der Waals surface area contributed by atoms with Gasteiger partial charge in [0.1, 0.15) is 0 Å². The van der Waals surface area contributed by atoms with Crippen LogP contribution >= 0.6 is 12.2 Å².